The molecule has 0 saturated heterocycles. The van der Waals surface area contributed by atoms with Gasteiger partial charge >= 0.3 is 0 Å². The molecule has 0 radical (unpaired) electrons. The summed E-state index contributed by atoms with van der Waals surface area (Å²) in [6, 6.07) is 10.6. The zero-order valence-corrected chi connectivity index (χ0v) is 10.5. The predicted octanol–water partition coefficient (Wildman–Crippen LogP) is 3.60. The molecule has 3 heteroatoms. The number of ether oxygens (including phenoxy) is 1. The van der Waals surface area contributed by atoms with Crippen molar-refractivity contribution in [1.82, 2.24) is 0 Å². The zero-order chi connectivity index (χ0) is 13.1. The van der Waals surface area contributed by atoms with Gasteiger partial charge in [0.2, 0.25) is 0 Å². The van der Waals surface area contributed by atoms with Crippen molar-refractivity contribution in [3.63, 3.8) is 0 Å². The van der Waals surface area contributed by atoms with Crippen molar-refractivity contribution in [2.45, 2.75) is 20.5 Å². The van der Waals surface area contributed by atoms with Gasteiger partial charge in [0.15, 0.2) is 11.6 Å². The highest BCUT2D eigenvalue weighted by molar-refractivity contribution is 5.52. The monoisotopic (exact) mass is 245 g/mol. The number of nitrogen functional groups attached to an aromatic ring is 1. The van der Waals surface area contributed by atoms with Gasteiger partial charge in [0.25, 0.3) is 0 Å². The number of hydrogen-bond acceptors (Lipinski definition) is 2. The molecule has 0 aliphatic carbocycles. The summed E-state index contributed by atoms with van der Waals surface area (Å²) >= 11 is 0. The SMILES string of the molecule is Cc1cc(C)cc(COc2c(N)cccc2F)c1. The molecular weight excluding hydrogens is 229 g/mol. The molecule has 0 fully saturated rings. The Hall–Kier alpha value is -2.03. The van der Waals surface area contributed by atoms with E-state index in [4.69, 9.17) is 10.5 Å². The maximum absolute atomic E-state index is 13.5. The van der Waals surface area contributed by atoms with E-state index in [-0.39, 0.29) is 5.75 Å². The van der Waals surface area contributed by atoms with Crippen molar-refractivity contribution in [1.29, 1.82) is 0 Å². The van der Waals surface area contributed by atoms with Crippen LogP contribution in [0.2, 0.25) is 0 Å². The van der Waals surface area contributed by atoms with Crippen LogP contribution in [0, 0.1) is 19.7 Å². The summed E-state index contributed by atoms with van der Waals surface area (Å²) < 4.78 is 19.0. The highest BCUT2D eigenvalue weighted by Gasteiger charge is 2.07. The zero-order valence-electron chi connectivity index (χ0n) is 10.5. The Kier molecular flexibility index (Phi) is 3.51. The number of anilines is 1. The lowest BCUT2D eigenvalue weighted by atomic mass is 10.1. The average molecular weight is 245 g/mol. The van der Waals surface area contributed by atoms with Crippen molar-refractivity contribution < 1.29 is 9.13 Å². The second-order valence-electron chi connectivity index (χ2n) is 4.44. The van der Waals surface area contributed by atoms with Gasteiger partial charge in [-0.05, 0) is 31.5 Å². The van der Waals surface area contributed by atoms with E-state index < -0.39 is 5.82 Å². The molecule has 0 spiro atoms. The third-order valence-corrected chi connectivity index (χ3v) is 2.66. The fraction of sp³-hybridized carbons (Fsp3) is 0.200. The van der Waals surface area contributed by atoms with E-state index in [0.717, 1.165) is 16.7 Å². The second kappa shape index (κ2) is 5.08. The van der Waals surface area contributed by atoms with Gasteiger partial charge < -0.3 is 10.5 Å². The molecule has 2 N–H and O–H groups in total. The molecule has 0 atom stereocenters. The average Bonchev–Trinajstić information content (AvgIpc) is 2.27. The molecule has 0 heterocycles. The van der Waals surface area contributed by atoms with E-state index >= 15 is 0 Å². The summed E-state index contributed by atoms with van der Waals surface area (Å²) in [6.07, 6.45) is 0. The van der Waals surface area contributed by atoms with Gasteiger partial charge in [-0.2, -0.15) is 0 Å². The van der Waals surface area contributed by atoms with E-state index in [1.807, 2.05) is 26.0 Å². The van der Waals surface area contributed by atoms with Crippen LogP contribution in [0.3, 0.4) is 0 Å². The molecule has 18 heavy (non-hydrogen) atoms. The fourth-order valence-electron chi connectivity index (χ4n) is 1.99. The van der Waals surface area contributed by atoms with E-state index in [0.29, 0.717) is 12.3 Å². The maximum atomic E-state index is 13.5. The molecule has 0 saturated carbocycles. The van der Waals surface area contributed by atoms with Crippen LogP contribution >= 0.6 is 0 Å². The molecule has 2 aromatic rings. The maximum Gasteiger partial charge on any atom is 0.178 e. The largest absolute Gasteiger partial charge is 0.484 e. The van der Waals surface area contributed by atoms with Crippen LogP contribution in [0.5, 0.6) is 5.75 Å². The first-order chi connectivity index (χ1) is 8.56. The quantitative estimate of drug-likeness (QED) is 0.838. The number of aryl methyl sites for hydroxylation is 2. The molecule has 0 aliphatic rings. The summed E-state index contributed by atoms with van der Waals surface area (Å²) in [6.45, 7) is 4.36. The van der Waals surface area contributed by atoms with Crippen LogP contribution in [-0.2, 0) is 6.61 Å². The summed E-state index contributed by atoms with van der Waals surface area (Å²) in [5.74, 6) is -0.309. The molecular formula is C15H16FNO. The highest BCUT2D eigenvalue weighted by atomic mass is 19.1. The Morgan fingerprint density at radius 1 is 1.11 bits per heavy atom. The summed E-state index contributed by atoms with van der Waals surface area (Å²) in [4.78, 5) is 0. The lowest BCUT2D eigenvalue weighted by Gasteiger charge is -2.10. The molecule has 0 unspecified atom stereocenters. The summed E-state index contributed by atoms with van der Waals surface area (Å²) in [5.41, 5.74) is 9.33. The van der Waals surface area contributed by atoms with Crippen LogP contribution in [0.1, 0.15) is 16.7 Å². The third kappa shape index (κ3) is 2.80. The van der Waals surface area contributed by atoms with Crippen molar-refractivity contribution in [3.8, 4) is 5.75 Å². The van der Waals surface area contributed by atoms with Crippen LogP contribution in [0.4, 0.5) is 10.1 Å². The molecule has 2 aromatic carbocycles. The minimum absolute atomic E-state index is 0.122. The molecule has 2 nitrogen and oxygen atoms in total. The van der Waals surface area contributed by atoms with Crippen LogP contribution in [0.15, 0.2) is 36.4 Å². The van der Waals surface area contributed by atoms with E-state index in [1.165, 1.54) is 6.07 Å². The number of nitrogens with two attached hydrogens (primary N) is 1. The minimum Gasteiger partial charge on any atom is -0.484 e. The molecule has 0 aromatic heterocycles. The standard InChI is InChI=1S/C15H16FNO/c1-10-6-11(2)8-12(7-10)9-18-15-13(16)4-3-5-14(15)17/h3-8H,9,17H2,1-2H3. The van der Waals surface area contributed by atoms with Gasteiger partial charge in [0.05, 0.1) is 5.69 Å². The molecule has 0 amide bonds. The lowest BCUT2D eigenvalue weighted by molar-refractivity contribution is 0.292. The first-order valence-electron chi connectivity index (χ1n) is 5.80. The van der Waals surface area contributed by atoms with Gasteiger partial charge in [-0.15, -0.1) is 0 Å². The van der Waals surface area contributed by atoms with Gasteiger partial charge in [-0.1, -0.05) is 35.4 Å². The van der Waals surface area contributed by atoms with Gasteiger partial charge in [0, 0.05) is 0 Å². The van der Waals surface area contributed by atoms with Crippen LogP contribution < -0.4 is 10.5 Å². The minimum atomic E-state index is -0.431. The fourth-order valence-corrected chi connectivity index (χ4v) is 1.99. The number of para-hydroxylation sites is 1. The first-order valence-corrected chi connectivity index (χ1v) is 5.80. The van der Waals surface area contributed by atoms with Crippen LogP contribution in [-0.4, -0.2) is 0 Å². The van der Waals surface area contributed by atoms with Crippen LogP contribution in [0.25, 0.3) is 0 Å². The Labute approximate surface area is 106 Å². The Bertz CT molecular complexity index is 526. The van der Waals surface area contributed by atoms with E-state index in [2.05, 4.69) is 6.07 Å². The van der Waals surface area contributed by atoms with Gasteiger partial charge in [-0.25, -0.2) is 4.39 Å². The molecule has 2 rings (SSSR count). The summed E-state index contributed by atoms with van der Waals surface area (Å²) in [7, 11) is 0. The first kappa shape index (κ1) is 12.4. The highest BCUT2D eigenvalue weighted by Crippen LogP contribution is 2.25. The smallest absolute Gasteiger partial charge is 0.178 e. The van der Waals surface area contributed by atoms with E-state index in [1.54, 1.807) is 12.1 Å². The number of rotatable bonds is 3. The summed E-state index contributed by atoms with van der Waals surface area (Å²) in [5, 5.41) is 0. The van der Waals surface area contributed by atoms with Crippen molar-refractivity contribution in [3.05, 3.63) is 58.9 Å². The lowest BCUT2D eigenvalue weighted by Crippen LogP contribution is -2.01. The Balaban J connectivity index is 2.16. The Morgan fingerprint density at radius 2 is 1.78 bits per heavy atom. The molecule has 0 aliphatic heterocycles. The third-order valence-electron chi connectivity index (χ3n) is 2.66. The van der Waals surface area contributed by atoms with Crippen molar-refractivity contribution in [2.24, 2.45) is 0 Å². The van der Waals surface area contributed by atoms with Crippen molar-refractivity contribution in [2.75, 3.05) is 5.73 Å². The van der Waals surface area contributed by atoms with Gasteiger partial charge in [-0.3, -0.25) is 0 Å². The van der Waals surface area contributed by atoms with Gasteiger partial charge in [0.1, 0.15) is 6.61 Å². The number of halogens is 1. The van der Waals surface area contributed by atoms with E-state index in [9.17, 15) is 4.39 Å². The molecule has 0 bridgehead atoms. The predicted molar refractivity (Wildman–Crippen MR) is 71.1 cm³/mol. The normalized spacial score (nSPS) is 10.4. The Morgan fingerprint density at radius 3 is 2.39 bits per heavy atom. The van der Waals surface area contributed by atoms with Crippen molar-refractivity contribution >= 4 is 5.69 Å². The number of hydrogen-bond donors (Lipinski definition) is 1. The second-order valence-corrected chi connectivity index (χ2v) is 4.44. The molecule has 94 valence electrons. The topological polar surface area (TPSA) is 35.2 Å². The number of benzene rings is 2.